The topological polar surface area (TPSA) is 45.8 Å². The average molecular weight is 246 g/mol. The van der Waals surface area contributed by atoms with Crippen molar-refractivity contribution >= 4 is 11.8 Å². The third-order valence-electron chi connectivity index (χ3n) is 2.43. The van der Waals surface area contributed by atoms with Gasteiger partial charge in [0.1, 0.15) is 0 Å². The molecule has 0 atom stereocenters. The van der Waals surface area contributed by atoms with Crippen molar-refractivity contribution in [3.63, 3.8) is 0 Å². The number of hydrogen-bond acceptors (Lipinski definition) is 3. The number of aryl methyl sites for hydroxylation is 2. The van der Waals surface area contributed by atoms with Crippen LogP contribution in [0.2, 0.25) is 0 Å². The Labute approximate surface area is 104 Å². The first-order valence-electron chi connectivity index (χ1n) is 5.32. The fraction of sp³-hybridized carbons (Fsp3) is 0.231. The molecule has 2 rings (SSSR count). The quantitative estimate of drug-likeness (QED) is 0.654. The van der Waals surface area contributed by atoms with E-state index in [1.807, 2.05) is 32.2 Å². The highest BCUT2D eigenvalue weighted by Crippen LogP contribution is 2.20. The lowest BCUT2D eigenvalue weighted by molar-refractivity contribution is 0.945. The van der Waals surface area contributed by atoms with Crippen LogP contribution in [0.3, 0.4) is 0 Å². The highest BCUT2D eigenvalue weighted by Gasteiger charge is 2.04. The largest absolute Gasteiger partial charge is 0.301 e. The van der Waals surface area contributed by atoms with Crippen LogP contribution in [0.5, 0.6) is 0 Å². The van der Waals surface area contributed by atoms with E-state index in [0.717, 1.165) is 11.3 Å². The first-order valence-corrected chi connectivity index (χ1v) is 6.55. The zero-order chi connectivity index (χ0) is 12.4. The van der Waals surface area contributed by atoms with Gasteiger partial charge in [-0.05, 0) is 32.2 Å². The van der Waals surface area contributed by atoms with Crippen molar-refractivity contribution < 1.29 is 0 Å². The van der Waals surface area contributed by atoms with E-state index in [4.69, 9.17) is 0 Å². The molecule has 0 radical (unpaired) electrons. The molecule has 0 bridgehead atoms. The van der Waals surface area contributed by atoms with Crippen LogP contribution in [-0.4, -0.2) is 16.2 Å². The van der Waals surface area contributed by atoms with Crippen molar-refractivity contribution in [3.8, 4) is 11.3 Å². The van der Waals surface area contributed by atoms with E-state index in [1.165, 1.54) is 29.0 Å². The molecule has 17 heavy (non-hydrogen) atoms. The molecule has 3 nitrogen and oxygen atoms in total. The van der Waals surface area contributed by atoms with Gasteiger partial charge in [-0.1, -0.05) is 29.0 Å². The van der Waals surface area contributed by atoms with Crippen molar-refractivity contribution in [2.75, 3.05) is 6.26 Å². The van der Waals surface area contributed by atoms with Crippen molar-refractivity contribution in [2.24, 2.45) is 0 Å². The average Bonchev–Trinajstić information content (AvgIpc) is 2.26. The number of rotatable bonds is 2. The number of aromatic nitrogens is 2. The number of nitrogens with zero attached hydrogens (tertiary/aromatic N) is 1. The van der Waals surface area contributed by atoms with Gasteiger partial charge in [-0.15, -0.1) is 0 Å². The van der Waals surface area contributed by atoms with E-state index in [1.54, 1.807) is 0 Å². The maximum absolute atomic E-state index is 11.5. The first kappa shape index (κ1) is 11.9. The zero-order valence-electron chi connectivity index (χ0n) is 10.1. The molecule has 0 spiro atoms. The minimum absolute atomic E-state index is 0.112. The summed E-state index contributed by atoms with van der Waals surface area (Å²) in [5.74, 6) is 0. The molecule has 0 fully saturated rings. The van der Waals surface area contributed by atoms with Gasteiger partial charge in [-0.3, -0.25) is 4.79 Å². The van der Waals surface area contributed by atoms with E-state index in [0.29, 0.717) is 5.16 Å². The van der Waals surface area contributed by atoms with Crippen LogP contribution in [0.1, 0.15) is 11.1 Å². The Morgan fingerprint density at radius 2 is 1.76 bits per heavy atom. The maximum Gasteiger partial charge on any atom is 0.252 e. The van der Waals surface area contributed by atoms with Crippen LogP contribution < -0.4 is 5.56 Å². The zero-order valence-corrected chi connectivity index (χ0v) is 10.9. The summed E-state index contributed by atoms with van der Waals surface area (Å²) in [5.41, 5.74) is 3.95. The van der Waals surface area contributed by atoms with Gasteiger partial charge in [0.15, 0.2) is 5.16 Å². The molecule has 1 heterocycles. The molecular formula is C13H14N2OS. The lowest BCUT2D eigenvalue weighted by Gasteiger charge is -2.05. The van der Waals surface area contributed by atoms with Crippen LogP contribution >= 0.6 is 11.8 Å². The van der Waals surface area contributed by atoms with Crippen molar-refractivity contribution in [1.29, 1.82) is 0 Å². The lowest BCUT2D eigenvalue weighted by Crippen LogP contribution is -2.07. The van der Waals surface area contributed by atoms with Gasteiger partial charge in [0.2, 0.25) is 0 Å². The summed E-state index contributed by atoms with van der Waals surface area (Å²) < 4.78 is 0. The van der Waals surface area contributed by atoms with Crippen LogP contribution in [0.4, 0.5) is 0 Å². The molecular weight excluding hydrogens is 232 g/mol. The van der Waals surface area contributed by atoms with E-state index in [9.17, 15) is 4.79 Å². The third-order valence-corrected chi connectivity index (χ3v) is 3.01. The van der Waals surface area contributed by atoms with Gasteiger partial charge in [0.25, 0.3) is 5.56 Å². The molecule has 2 aromatic rings. The normalized spacial score (nSPS) is 10.5. The summed E-state index contributed by atoms with van der Waals surface area (Å²) in [5, 5.41) is 0.645. The monoisotopic (exact) mass is 246 g/mol. The predicted octanol–water partition coefficient (Wildman–Crippen LogP) is 2.78. The molecule has 1 aromatic carbocycles. The van der Waals surface area contributed by atoms with Crippen LogP contribution in [0.15, 0.2) is 34.2 Å². The van der Waals surface area contributed by atoms with Gasteiger partial charge >= 0.3 is 0 Å². The lowest BCUT2D eigenvalue weighted by atomic mass is 10.1. The number of H-pyrrole nitrogens is 1. The SMILES string of the molecule is CSc1nc(-c2cc(C)cc(C)c2)cc(=O)[nH]1. The maximum atomic E-state index is 11.5. The van der Waals surface area contributed by atoms with Gasteiger partial charge in [0.05, 0.1) is 5.69 Å². The van der Waals surface area contributed by atoms with Crippen molar-refractivity contribution in [3.05, 3.63) is 45.7 Å². The third kappa shape index (κ3) is 2.77. The highest BCUT2D eigenvalue weighted by molar-refractivity contribution is 7.98. The number of benzene rings is 1. The molecule has 1 aromatic heterocycles. The Morgan fingerprint density at radius 3 is 2.35 bits per heavy atom. The second-order valence-electron chi connectivity index (χ2n) is 4.02. The van der Waals surface area contributed by atoms with Gasteiger partial charge in [0, 0.05) is 11.6 Å². The fourth-order valence-corrected chi connectivity index (χ4v) is 2.19. The van der Waals surface area contributed by atoms with Gasteiger partial charge < -0.3 is 4.98 Å². The molecule has 0 saturated heterocycles. The Kier molecular flexibility index (Phi) is 3.33. The predicted molar refractivity (Wildman–Crippen MR) is 71.5 cm³/mol. The number of hydrogen-bond donors (Lipinski definition) is 1. The fourth-order valence-electron chi connectivity index (χ4n) is 1.80. The number of thioether (sulfide) groups is 1. The Balaban J connectivity index is 2.59. The summed E-state index contributed by atoms with van der Waals surface area (Å²) in [6.45, 7) is 4.08. The van der Waals surface area contributed by atoms with E-state index in [2.05, 4.69) is 16.0 Å². The number of nitrogens with one attached hydrogen (secondary N) is 1. The van der Waals surface area contributed by atoms with Crippen molar-refractivity contribution in [2.45, 2.75) is 19.0 Å². The van der Waals surface area contributed by atoms with Crippen LogP contribution in [-0.2, 0) is 0 Å². The molecule has 0 aliphatic heterocycles. The summed E-state index contributed by atoms with van der Waals surface area (Å²) in [7, 11) is 0. The molecule has 0 unspecified atom stereocenters. The summed E-state index contributed by atoms with van der Waals surface area (Å²) >= 11 is 1.43. The van der Waals surface area contributed by atoms with Gasteiger partial charge in [-0.25, -0.2) is 4.98 Å². The molecule has 0 aliphatic carbocycles. The Morgan fingerprint density at radius 1 is 1.12 bits per heavy atom. The Bertz CT molecular complexity index is 584. The van der Waals surface area contributed by atoms with Crippen LogP contribution in [0.25, 0.3) is 11.3 Å². The Hall–Kier alpha value is -1.55. The first-order chi connectivity index (χ1) is 8.08. The van der Waals surface area contributed by atoms with E-state index < -0.39 is 0 Å². The molecule has 4 heteroatoms. The minimum Gasteiger partial charge on any atom is -0.301 e. The minimum atomic E-state index is -0.112. The molecule has 0 amide bonds. The summed E-state index contributed by atoms with van der Waals surface area (Å²) in [4.78, 5) is 18.6. The van der Waals surface area contributed by atoms with E-state index in [-0.39, 0.29) is 5.56 Å². The summed E-state index contributed by atoms with van der Waals surface area (Å²) in [6, 6.07) is 7.72. The number of aromatic amines is 1. The highest BCUT2D eigenvalue weighted by atomic mass is 32.2. The second-order valence-corrected chi connectivity index (χ2v) is 4.81. The smallest absolute Gasteiger partial charge is 0.252 e. The molecule has 88 valence electrons. The standard InChI is InChI=1S/C13H14N2OS/c1-8-4-9(2)6-10(5-8)11-7-12(16)15-13(14-11)17-3/h4-7H,1-3H3,(H,14,15,16). The molecule has 0 saturated carbocycles. The molecule has 0 aliphatic rings. The summed E-state index contributed by atoms with van der Waals surface area (Å²) in [6.07, 6.45) is 1.89. The van der Waals surface area contributed by atoms with Gasteiger partial charge in [-0.2, -0.15) is 0 Å². The van der Waals surface area contributed by atoms with E-state index >= 15 is 0 Å². The van der Waals surface area contributed by atoms with Crippen molar-refractivity contribution in [1.82, 2.24) is 9.97 Å². The van der Waals surface area contributed by atoms with Crippen LogP contribution in [0, 0.1) is 13.8 Å². The second kappa shape index (κ2) is 4.75. The molecule has 1 N–H and O–H groups in total.